The summed E-state index contributed by atoms with van der Waals surface area (Å²) in [7, 11) is 3.68. The molecule has 3 nitrogen and oxygen atoms in total. The van der Waals surface area contributed by atoms with Gasteiger partial charge in [-0.05, 0) is 52.5 Å². The van der Waals surface area contributed by atoms with Crippen molar-refractivity contribution in [3.63, 3.8) is 0 Å². The van der Waals surface area contributed by atoms with Gasteiger partial charge in [-0.15, -0.1) is 0 Å². The highest BCUT2D eigenvalue weighted by Gasteiger charge is 2.41. The van der Waals surface area contributed by atoms with Crippen LogP contribution in [0.1, 0.15) is 65.7 Å². The highest BCUT2D eigenvalue weighted by Crippen LogP contribution is 2.38. The van der Waals surface area contributed by atoms with E-state index in [2.05, 4.69) is 26.1 Å². The van der Waals surface area contributed by atoms with Crippen LogP contribution in [0.15, 0.2) is 0 Å². The maximum Gasteiger partial charge on any atom is 0.0830 e. The van der Waals surface area contributed by atoms with E-state index < -0.39 is 0 Å². The van der Waals surface area contributed by atoms with E-state index in [1.54, 1.807) is 7.11 Å². The summed E-state index contributed by atoms with van der Waals surface area (Å²) in [4.78, 5) is 0. The molecule has 0 aromatic rings. The Morgan fingerprint density at radius 3 is 2.32 bits per heavy atom. The average molecular weight is 271 g/mol. The molecule has 1 aliphatic rings. The van der Waals surface area contributed by atoms with Crippen molar-refractivity contribution in [2.24, 2.45) is 0 Å². The minimum atomic E-state index is -0.0420. The Morgan fingerprint density at radius 1 is 1.21 bits per heavy atom. The second-order valence-electron chi connectivity index (χ2n) is 6.49. The first-order chi connectivity index (χ1) is 8.99. The average Bonchev–Trinajstić information content (AvgIpc) is 2.88. The molecule has 0 spiro atoms. The number of ether oxygens (including phenoxy) is 2. The zero-order chi connectivity index (χ0) is 14.4. The van der Waals surface area contributed by atoms with Gasteiger partial charge >= 0.3 is 0 Å². The van der Waals surface area contributed by atoms with Crippen molar-refractivity contribution in [1.82, 2.24) is 5.32 Å². The molecular weight excluding hydrogens is 238 g/mol. The summed E-state index contributed by atoms with van der Waals surface area (Å²) in [6.07, 6.45) is 8.34. The van der Waals surface area contributed by atoms with E-state index in [4.69, 9.17) is 9.47 Å². The number of methoxy groups -OCH3 is 2. The maximum absolute atomic E-state index is 5.95. The van der Waals surface area contributed by atoms with Crippen LogP contribution in [-0.2, 0) is 9.47 Å². The zero-order valence-corrected chi connectivity index (χ0v) is 13.6. The highest BCUT2D eigenvalue weighted by molar-refractivity contribution is 4.97. The van der Waals surface area contributed by atoms with Crippen LogP contribution in [0, 0.1) is 0 Å². The van der Waals surface area contributed by atoms with Crippen molar-refractivity contribution in [3.8, 4) is 0 Å². The third kappa shape index (κ3) is 4.73. The van der Waals surface area contributed by atoms with Gasteiger partial charge in [-0.2, -0.15) is 0 Å². The Balaban J connectivity index is 2.65. The van der Waals surface area contributed by atoms with Crippen molar-refractivity contribution in [3.05, 3.63) is 0 Å². The van der Waals surface area contributed by atoms with Gasteiger partial charge in [0.25, 0.3) is 0 Å². The van der Waals surface area contributed by atoms with Crippen LogP contribution in [0.5, 0.6) is 0 Å². The van der Waals surface area contributed by atoms with Crippen LogP contribution in [0.2, 0.25) is 0 Å². The summed E-state index contributed by atoms with van der Waals surface area (Å²) in [5, 5.41) is 3.72. The first kappa shape index (κ1) is 16.9. The van der Waals surface area contributed by atoms with E-state index in [0.29, 0.717) is 6.04 Å². The predicted octanol–water partition coefficient (Wildman–Crippen LogP) is 3.52. The molecule has 0 aliphatic heterocycles. The summed E-state index contributed by atoms with van der Waals surface area (Å²) in [5.74, 6) is 0. The van der Waals surface area contributed by atoms with Gasteiger partial charge in [0.2, 0.25) is 0 Å². The maximum atomic E-state index is 5.95. The topological polar surface area (TPSA) is 30.5 Å². The van der Waals surface area contributed by atoms with Crippen molar-refractivity contribution in [1.29, 1.82) is 0 Å². The minimum absolute atomic E-state index is 0.0420. The molecule has 114 valence electrons. The van der Waals surface area contributed by atoms with Crippen LogP contribution in [0.4, 0.5) is 0 Å². The van der Waals surface area contributed by atoms with Crippen LogP contribution < -0.4 is 5.32 Å². The molecule has 0 bridgehead atoms. The van der Waals surface area contributed by atoms with Crippen molar-refractivity contribution < 1.29 is 9.47 Å². The highest BCUT2D eigenvalue weighted by atomic mass is 16.5. The molecule has 19 heavy (non-hydrogen) atoms. The van der Waals surface area contributed by atoms with Gasteiger partial charge in [-0.25, -0.2) is 0 Å². The van der Waals surface area contributed by atoms with Gasteiger partial charge in [-0.1, -0.05) is 19.8 Å². The Kier molecular flexibility index (Phi) is 6.78. The van der Waals surface area contributed by atoms with Crippen LogP contribution in [-0.4, -0.2) is 38.0 Å². The van der Waals surface area contributed by atoms with E-state index in [0.717, 1.165) is 19.4 Å². The zero-order valence-electron chi connectivity index (χ0n) is 13.6. The van der Waals surface area contributed by atoms with E-state index in [1.807, 2.05) is 7.11 Å². The number of rotatable bonds is 9. The van der Waals surface area contributed by atoms with Gasteiger partial charge in [-0.3, -0.25) is 0 Å². The lowest BCUT2D eigenvalue weighted by Crippen LogP contribution is -2.51. The standard InChI is InChI=1S/C16H33NO2/c1-6-13-17-14(9-12-15(2,3)18-4)16(19-5)10-7-8-11-16/h14,17H,6-13H2,1-5H3. The summed E-state index contributed by atoms with van der Waals surface area (Å²) < 4.78 is 11.5. The Hall–Kier alpha value is -0.120. The van der Waals surface area contributed by atoms with Crippen molar-refractivity contribution in [2.45, 2.75) is 83.0 Å². The van der Waals surface area contributed by atoms with E-state index >= 15 is 0 Å². The largest absolute Gasteiger partial charge is 0.379 e. The Bertz CT molecular complexity index is 247. The predicted molar refractivity (Wildman–Crippen MR) is 80.6 cm³/mol. The normalized spacial score (nSPS) is 20.7. The summed E-state index contributed by atoms with van der Waals surface area (Å²) in [6, 6.07) is 0.453. The fourth-order valence-corrected chi connectivity index (χ4v) is 3.13. The fourth-order valence-electron chi connectivity index (χ4n) is 3.13. The number of hydrogen-bond acceptors (Lipinski definition) is 3. The Labute approximate surface area is 119 Å². The molecule has 0 amide bonds. The lowest BCUT2D eigenvalue weighted by Gasteiger charge is -2.38. The molecule has 1 saturated carbocycles. The van der Waals surface area contributed by atoms with Gasteiger partial charge in [0.1, 0.15) is 0 Å². The molecule has 0 aromatic heterocycles. The quantitative estimate of drug-likeness (QED) is 0.696. The van der Waals surface area contributed by atoms with Crippen molar-refractivity contribution in [2.75, 3.05) is 20.8 Å². The first-order valence-electron chi connectivity index (χ1n) is 7.83. The number of hydrogen-bond donors (Lipinski definition) is 1. The third-order valence-corrected chi connectivity index (χ3v) is 4.72. The summed E-state index contributed by atoms with van der Waals surface area (Å²) in [6.45, 7) is 7.62. The molecule has 0 heterocycles. The Morgan fingerprint density at radius 2 is 1.84 bits per heavy atom. The first-order valence-corrected chi connectivity index (χ1v) is 7.83. The molecule has 1 N–H and O–H groups in total. The molecule has 1 rings (SSSR count). The van der Waals surface area contributed by atoms with Gasteiger partial charge < -0.3 is 14.8 Å². The molecule has 3 heteroatoms. The van der Waals surface area contributed by atoms with Crippen molar-refractivity contribution >= 4 is 0 Å². The lowest BCUT2D eigenvalue weighted by atomic mass is 9.86. The van der Waals surface area contributed by atoms with E-state index in [9.17, 15) is 0 Å². The SMILES string of the molecule is CCCNC(CCC(C)(C)OC)C1(OC)CCCC1. The van der Waals surface area contributed by atoms with Crippen LogP contribution in [0.3, 0.4) is 0 Å². The van der Waals surface area contributed by atoms with Gasteiger partial charge in [0, 0.05) is 20.3 Å². The number of nitrogens with one attached hydrogen (secondary N) is 1. The lowest BCUT2D eigenvalue weighted by molar-refractivity contribution is -0.0483. The van der Waals surface area contributed by atoms with Crippen LogP contribution in [0.25, 0.3) is 0 Å². The second kappa shape index (κ2) is 7.61. The van der Waals surface area contributed by atoms with E-state index in [-0.39, 0.29) is 11.2 Å². The molecule has 1 fully saturated rings. The minimum Gasteiger partial charge on any atom is -0.379 e. The second-order valence-corrected chi connectivity index (χ2v) is 6.49. The third-order valence-electron chi connectivity index (χ3n) is 4.72. The van der Waals surface area contributed by atoms with Gasteiger partial charge in [0.05, 0.1) is 11.2 Å². The fraction of sp³-hybridized carbons (Fsp3) is 1.00. The smallest absolute Gasteiger partial charge is 0.0830 e. The van der Waals surface area contributed by atoms with Crippen LogP contribution >= 0.6 is 0 Å². The summed E-state index contributed by atoms with van der Waals surface area (Å²) in [5.41, 5.74) is 0.0126. The molecule has 1 aliphatic carbocycles. The van der Waals surface area contributed by atoms with E-state index in [1.165, 1.54) is 32.1 Å². The molecular formula is C16H33NO2. The monoisotopic (exact) mass is 271 g/mol. The molecule has 0 saturated heterocycles. The molecule has 0 radical (unpaired) electrons. The molecule has 1 unspecified atom stereocenters. The molecule has 1 atom stereocenters. The molecule has 0 aromatic carbocycles. The van der Waals surface area contributed by atoms with Gasteiger partial charge in [0.15, 0.2) is 0 Å². The summed E-state index contributed by atoms with van der Waals surface area (Å²) >= 11 is 0.